The lowest BCUT2D eigenvalue weighted by molar-refractivity contribution is -0.136. The summed E-state index contributed by atoms with van der Waals surface area (Å²) in [5.41, 5.74) is -0.683. The van der Waals surface area contributed by atoms with Crippen LogP contribution in [0.3, 0.4) is 0 Å². The number of fused-ring (bicyclic) bond motifs is 1. The number of carbonyl (C=O) groups is 2. The average molecular weight is 422 g/mol. The Morgan fingerprint density at radius 2 is 1.85 bits per heavy atom. The highest BCUT2D eigenvalue weighted by atomic mass is 35.5. The Morgan fingerprint density at radius 3 is 2.38 bits per heavy atom. The maximum absolute atomic E-state index is 12.7. The molecule has 0 aliphatic rings. The van der Waals surface area contributed by atoms with E-state index in [2.05, 4.69) is 0 Å². The van der Waals surface area contributed by atoms with Crippen LogP contribution in [0.5, 0.6) is 0 Å². The number of ether oxygens (including phenoxy) is 1. The first-order valence-corrected chi connectivity index (χ1v) is 9.91. The molecule has 0 saturated heterocycles. The summed E-state index contributed by atoms with van der Waals surface area (Å²) >= 11 is 12.2. The quantitative estimate of drug-likeness (QED) is 0.800. The van der Waals surface area contributed by atoms with Gasteiger partial charge in [0.1, 0.15) is 5.60 Å². The fourth-order valence-electron chi connectivity index (χ4n) is 2.28. The molecule has 0 aliphatic carbocycles. The van der Waals surface area contributed by atoms with Crippen LogP contribution in [-0.4, -0.2) is 41.5 Å². The van der Waals surface area contributed by atoms with Crippen molar-refractivity contribution in [1.82, 2.24) is 4.57 Å². The maximum Gasteiger partial charge on any atom is 0.420 e. The fourth-order valence-corrected chi connectivity index (χ4v) is 4.52. The second kappa shape index (κ2) is 7.09. The van der Waals surface area contributed by atoms with Gasteiger partial charge in [-0.1, -0.05) is 23.2 Å². The topological polar surface area (TPSA) is 103 Å². The molecule has 2 rings (SSSR count). The van der Waals surface area contributed by atoms with Crippen LogP contribution in [0.2, 0.25) is 10.0 Å². The molecule has 142 valence electrons. The Hall–Kier alpha value is -1.77. The van der Waals surface area contributed by atoms with Crippen LogP contribution in [-0.2, 0) is 19.4 Å². The van der Waals surface area contributed by atoms with Crippen molar-refractivity contribution in [3.63, 3.8) is 0 Å². The van der Waals surface area contributed by atoms with E-state index in [4.69, 9.17) is 33.0 Å². The van der Waals surface area contributed by atoms with Crippen LogP contribution in [0.4, 0.5) is 4.79 Å². The maximum atomic E-state index is 12.7. The minimum absolute atomic E-state index is 0.197. The largest absolute Gasteiger partial charge is 0.481 e. The summed E-state index contributed by atoms with van der Waals surface area (Å²) in [4.78, 5) is 23.4. The summed E-state index contributed by atoms with van der Waals surface area (Å²) in [7, 11) is -4.19. The lowest BCUT2D eigenvalue weighted by atomic mass is 10.2. The van der Waals surface area contributed by atoms with E-state index < -0.39 is 44.7 Å². The van der Waals surface area contributed by atoms with Crippen LogP contribution >= 0.6 is 23.2 Å². The van der Waals surface area contributed by atoms with Crippen molar-refractivity contribution in [2.45, 2.75) is 37.8 Å². The summed E-state index contributed by atoms with van der Waals surface area (Å²) < 4.78 is 31.5. The number of nitrogens with zero attached hydrogens (tertiary/aromatic N) is 1. The molecule has 0 fully saturated rings. The second-order valence-corrected chi connectivity index (χ2v) is 9.40. The van der Waals surface area contributed by atoms with E-state index in [0.29, 0.717) is 5.02 Å². The molecule has 0 bridgehead atoms. The molecule has 0 spiro atoms. The van der Waals surface area contributed by atoms with Gasteiger partial charge >= 0.3 is 12.1 Å². The van der Waals surface area contributed by atoms with Crippen LogP contribution < -0.4 is 0 Å². The third kappa shape index (κ3) is 4.31. The van der Waals surface area contributed by atoms with Gasteiger partial charge in [0.05, 0.1) is 22.7 Å². The molecule has 0 aliphatic heterocycles. The number of hydrogen-bond acceptors (Lipinski definition) is 5. The van der Waals surface area contributed by atoms with Crippen molar-refractivity contribution in [1.29, 1.82) is 0 Å². The SMILES string of the molecule is CC(C)(C)OC(=O)n1c(S(=O)(=O)CCC(=O)O)c(Cl)c2cc(Cl)ccc21. The summed E-state index contributed by atoms with van der Waals surface area (Å²) in [6.07, 6.45) is -1.57. The Balaban J connectivity index is 2.75. The van der Waals surface area contributed by atoms with Gasteiger partial charge < -0.3 is 9.84 Å². The lowest BCUT2D eigenvalue weighted by Crippen LogP contribution is -2.29. The molecule has 1 aromatic heterocycles. The van der Waals surface area contributed by atoms with E-state index >= 15 is 0 Å². The minimum atomic E-state index is -4.19. The van der Waals surface area contributed by atoms with Crippen LogP contribution in [0.1, 0.15) is 27.2 Å². The number of hydrogen-bond donors (Lipinski definition) is 1. The number of aliphatic carboxylic acids is 1. The first-order chi connectivity index (χ1) is 11.8. The minimum Gasteiger partial charge on any atom is -0.481 e. The fraction of sp³-hybridized carbons (Fsp3) is 0.375. The monoisotopic (exact) mass is 421 g/mol. The molecule has 1 N–H and O–H groups in total. The van der Waals surface area contributed by atoms with Crippen LogP contribution in [0, 0.1) is 0 Å². The average Bonchev–Trinajstić information content (AvgIpc) is 2.77. The first-order valence-electron chi connectivity index (χ1n) is 7.51. The van der Waals surface area contributed by atoms with Crippen molar-refractivity contribution in [2.75, 3.05) is 5.75 Å². The summed E-state index contributed by atoms with van der Waals surface area (Å²) in [5, 5.41) is 8.62. The van der Waals surface area contributed by atoms with Gasteiger partial charge in [-0.2, -0.15) is 0 Å². The van der Waals surface area contributed by atoms with Gasteiger partial charge in [0, 0.05) is 10.4 Å². The molecule has 7 nitrogen and oxygen atoms in total. The zero-order chi connectivity index (χ0) is 19.9. The van der Waals surface area contributed by atoms with Crippen molar-refractivity contribution < 1.29 is 27.9 Å². The highest BCUT2D eigenvalue weighted by Gasteiger charge is 2.32. The predicted molar refractivity (Wildman–Crippen MR) is 97.9 cm³/mol. The number of carboxylic acids is 1. The van der Waals surface area contributed by atoms with Gasteiger partial charge in [-0.05, 0) is 39.0 Å². The highest BCUT2D eigenvalue weighted by molar-refractivity contribution is 7.91. The Morgan fingerprint density at radius 1 is 1.23 bits per heavy atom. The molecule has 1 heterocycles. The van der Waals surface area contributed by atoms with E-state index in [1.165, 1.54) is 18.2 Å². The van der Waals surface area contributed by atoms with Gasteiger partial charge in [0.25, 0.3) is 0 Å². The van der Waals surface area contributed by atoms with E-state index in [-0.39, 0.29) is 15.9 Å². The summed E-state index contributed by atoms with van der Waals surface area (Å²) in [5.74, 6) is -2.00. The van der Waals surface area contributed by atoms with Crippen LogP contribution in [0.25, 0.3) is 10.9 Å². The van der Waals surface area contributed by atoms with Crippen molar-refractivity contribution in [3.8, 4) is 0 Å². The number of sulfone groups is 1. The molecule has 10 heteroatoms. The summed E-state index contributed by atoms with van der Waals surface area (Å²) in [6, 6.07) is 4.36. The Labute approximate surface area is 160 Å². The van der Waals surface area contributed by atoms with Crippen molar-refractivity contribution in [2.24, 2.45) is 0 Å². The molecule has 0 atom stereocenters. The molecule has 26 heavy (non-hydrogen) atoms. The number of benzene rings is 1. The predicted octanol–water partition coefficient (Wildman–Crippen LogP) is 3.98. The zero-order valence-corrected chi connectivity index (χ0v) is 16.6. The standard InChI is InChI=1S/C16H17Cl2NO6S/c1-16(2,3)25-15(22)19-11-5-4-9(17)8-10(11)13(18)14(19)26(23,24)7-6-12(20)21/h4-5,8H,6-7H2,1-3H3,(H,20,21). The van der Waals surface area contributed by atoms with E-state index in [9.17, 15) is 18.0 Å². The van der Waals surface area contributed by atoms with Crippen molar-refractivity contribution >= 4 is 56.0 Å². The third-order valence-electron chi connectivity index (χ3n) is 3.28. The van der Waals surface area contributed by atoms with Gasteiger partial charge in [-0.25, -0.2) is 17.8 Å². The molecule has 0 unspecified atom stereocenters. The number of carbonyl (C=O) groups excluding carboxylic acids is 1. The van der Waals surface area contributed by atoms with Crippen molar-refractivity contribution in [3.05, 3.63) is 28.2 Å². The number of rotatable bonds is 4. The first kappa shape index (κ1) is 20.5. The molecule has 0 radical (unpaired) electrons. The van der Waals surface area contributed by atoms with Gasteiger partial charge in [-0.3, -0.25) is 4.79 Å². The van der Waals surface area contributed by atoms with Crippen LogP contribution in [0.15, 0.2) is 23.2 Å². The molecular formula is C16H17Cl2NO6S. The number of aromatic nitrogens is 1. The van der Waals surface area contributed by atoms with E-state index in [1.807, 2.05) is 0 Å². The number of carboxylic acid groups (broad SMARTS) is 1. The normalized spacial score (nSPS) is 12.3. The molecule has 0 saturated carbocycles. The van der Waals surface area contributed by atoms with E-state index in [0.717, 1.165) is 4.57 Å². The van der Waals surface area contributed by atoms with Gasteiger partial charge in [0.15, 0.2) is 14.9 Å². The smallest absolute Gasteiger partial charge is 0.420 e. The Bertz CT molecular complexity index is 988. The molecule has 1 aromatic carbocycles. The molecular weight excluding hydrogens is 405 g/mol. The van der Waals surface area contributed by atoms with Gasteiger partial charge in [-0.15, -0.1) is 0 Å². The Kier molecular flexibility index (Phi) is 5.60. The number of halogens is 2. The molecule has 2 aromatic rings. The van der Waals surface area contributed by atoms with E-state index in [1.54, 1.807) is 20.8 Å². The third-order valence-corrected chi connectivity index (χ3v) is 5.73. The highest BCUT2D eigenvalue weighted by Crippen LogP contribution is 2.36. The second-order valence-electron chi connectivity index (χ2n) is 6.56. The molecule has 0 amide bonds. The van der Waals surface area contributed by atoms with Gasteiger partial charge in [0.2, 0.25) is 0 Å². The lowest BCUT2D eigenvalue weighted by Gasteiger charge is -2.21. The zero-order valence-electron chi connectivity index (χ0n) is 14.2. The summed E-state index contributed by atoms with van der Waals surface area (Å²) in [6.45, 7) is 4.90.